The first-order valence-electron chi connectivity index (χ1n) is 6.92. The molecule has 5 heteroatoms. The van der Waals surface area contributed by atoms with Gasteiger partial charge in [-0.2, -0.15) is 0 Å². The van der Waals surface area contributed by atoms with Crippen molar-refractivity contribution in [1.29, 1.82) is 0 Å². The van der Waals surface area contributed by atoms with E-state index in [9.17, 15) is 9.59 Å². The lowest BCUT2D eigenvalue weighted by molar-refractivity contribution is -0.120. The van der Waals surface area contributed by atoms with Crippen LogP contribution in [0.3, 0.4) is 0 Å². The monoisotopic (exact) mass is 275 g/mol. The number of urea groups is 1. The minimum Gasteiger partial charge on any atom is -0.354 e. The Morgan fingerprint density at radius 3 is 2.90 bits per heavy atom. The van der Waals surface area contributed by atoms with Gasteiger partial charge in [0, 0.05) is 26.2 Å². The molecule has 0 spiro atoms. The number of carbonyl (C=O) groups is 2. The van der Waals surface area contributed by atoms with E-state index in [4.69, 9.17) is 0 Å². The Balaban J connectivity index is 1.77. The topological polar surface area (TPSA) is 61.4 Å². The third-order valence-electron chi connectivity index (χ3n) is 3.50. The van der Waals surface area contributed by atoms with Crippen LogP contribution >= 0.6 is 0 Å². The Bertz CT molecular complexity index is 514. The van der Waals surface area contributed by atoms with Crippen LogP contribution < -0.4 is 10.6 Å². The SMILES string of the molecule is Cc1ccc(C)c(CC(=O)NCCN2CCNC2=O)c1. The van der Waals surface area contributed by atoms with Crippen molar-refractivity contribution >= 4 is 11.9 Å². The Labute approximate surface area is 119 Å². The Hall–Kier alpha value is -2.04. The van der Waals surface area contributed by atoms with Crippen LogP contribution in [0.15, 0.2) is 18.2 Å². The summed E-state index contributed by atoms with van der Waals surface area (Å²) < 4.78 is 0. The van der Waals surface area contributed by atoms with Crippen molar-refractivity contribution in [3.8, 4) is 0 Å². The maximum absolute atomic E-state index is 11.9. The number of hydrogen-bond acceptors (Lipinski definition) is 2. The summed E-state index contributed by atoms with van der Waals surface area (Å²) in [7, 11) is 0. The molecule has 1 aliphatic rings. The molecule has 5 nitrogen and oxygen atoms in total. The minimum absolute atomic E-state index is 0.00157. The summed E-state index contributed by atoms with van der Waals surface area (Å²) in [6, 6.07) is 6.08. The fourth-order valence-corrected chi connectivity index (χ4v) is 2.28. The van der Waals surface area contributed by atoms with Crippen molar-refractivity contribution < 1.29 is 9.59 Å². The molecule has 0 aromatic heterocycles. The van der Waals surface area contributed by atoms with Gasteiger partial charge < -0.3 is 15.5 Å². The molecule has 3 amide bonds. The van der Waals surface area contributed by atoms with Gasteiger partial charge in [0.25, 0.3) is 0 Å². The average Bonchev–Trinajstić information content (AvgIpc) is 2.80. The van der Waals surface area contributed by atoms with Gasteiger partial charge >= 0.3 is 6.03 Å². The van der Waals surface area contributed by atoms with E-state index in [2.05, 4.69) is 10.6 Å². The second kappa shape index (κ2) is 6.41. The predicted octanol–water partition coefficient (Wildman–Crippen LogP) is 0.987. The molecule has 2 N–H and O–H groups in total. The zero-order valence-electron chi connectivity index (χ0n) is 12.0. The van der Waals surface area contributed by atoms with Crippen LogP contribution in [0.1, 0.15) is 16.7 Å². The standard InChI is InChI=1S/C15H21N3O2/c1-11-3-4-12(2)13(9-11)10-14(19)16-5-7-18-8-6-17-15(18)20/h3-4,9H,5-8,10H2,1-2H3,(H,16,19)(H,17,20). The van der Waals surface area contributed by atoms with Crippen molar-refractivity contribution in [1.82, 2.24) is 15.5 Å². The highest BCUT2D eigenvalue weighted by Gasteiger charge is 2.18. The molecule has 0 aliphatic carbocycles. The third-order valence-corrected chi connectivity index (χ3v) is 3.50. The van der Waals surface area contributed by atoms with Crippen LogP contribution in [-0.4, -0.2) is 43.0 Å². The molecule has 1 aromatic rings. The zero-order chi connectivity index (χ0) is 14.5. The largest absolute Gasteiger partial charge is 0.354 e. The Morgan fingerprint density at radius 2 is 2.20 bits per heavy atom. The first-order chi connectivity index (χ1) is 9.56. The smallest absolute Gasteiger partial charge is 0.317 e. The first kappa shape index (κ1) is 14.4. The number of nitrogens with zero attached hydrogens (tertiary/aromatic N) is 1. The van der Waals surface area contributed by atoms with Crippen molar-refractivity contribution in [2.75, 3.05) is 26.2 Å². The van der Waals surface area contributed by atoms with Crippen LogP contribution in [0.25, 0.3) is 0 Å². The highest BCUT2D eigenvalue weighted by atomic mass is 16.2. The number of hydrogen-bond donors (Lipinski definition) is 2. The van der Waals surface area contributed by atoms with E-state index in [-0.39, 0.29) is 11.9 Å². The van der Waals surface area contributed by atoms with Gasteiger partial charge in [-0.1, -0.05) is 23.8 Å². The molecule has 108 valence electrons. The fourth-order valence-electron chi connectivity index (χ4n) is 2.28. The van der Waals surface area contributed by atoms with E-state index in [1.807, 2.05) is 32.0 Å². The summed E-state index contributed by atoms with van der Waals surface area (Å²) in [5.74, 6) is -0.00157. The number of rotatable bonds is 5. The third kappa shape index (κ3) is 3.73. The first-order valence-corrected chi connectivity index (χ1v) is 6.92. The van der Waals surface area contributed by atoms with Crippen molar-refractivity contribution in [2.24, 2.45) is 0 Å². The van der Waals surface area contributed by atoms with E-state index in [1.165, 1.54) is 0 Å². The highest BCUT2D eigenvalue weighted by Crippen LogP contribution is 2.11. The molecule has 0 saturated carbocycles. The highest BCUT2D eigenvalue weighted by molar-refractivity contribution is 5.79. The summed E-state index contributed by atoms with van der Waals surface area (Å²) >= 11 is 0. The molecule has 1 aromatic carbocycles. The molecule has 0 radical (unpaired) electrons. The second-order valence-corrected chi connectivity index (χ2v) is 5.18. The maximum atomic E-state index is 11.9. The van der Waals surface area contributed by atoms with Crippen molar-refractivity contribution in [3.63, 3.8) is 0 Å². The maximum Gasteiger partial charge on any atom is 0.317 e. The van der Waals surface area contributed by atoms with E-state index in [0.29, 0.717) is 32.6 Å². The van der Waals surface area contributed by atoms with E-state index in [1.54, 1.807) is 4.90 Å². The Kier molecular flexibility index (Phi) is 4.61. The molecule has 1 fully saturated rings. The van der Waals surface area contributed by atoms with Crippen LogP contribution in [0.5, 0.6) is 0 Å². The summed E-state index contributed by atoms with van der Waals surface area (Å²) in [5.41, 5.74) is 3.35. The van der Waals surface area contributed by atoms with Gasteiger partial charge in [0.1, 0.15) is 0 Å². The van der Waals surface area contributed by atoms with Gasteiger partial charge in [-0.3, -0.25) is 4.79 Å². The average molecular weight is 275 g/mol. The molecular weight excluding hydrogens is 254 g/mol. The predicted molar refractivity (Wildman–Crippen MR) is 77.6 cm³/mol. The van der Waals surface area contributed by atoms with Crippen molar-refractivity contribution in [2.45, 2.75) is 20.3 Å². The molecule has 20 heavy (non-hydrogen) atoms. The fraction of sp³-hybridized carbons (Fsp3) is 0.467. The molecule has 0 bridgehead atoms. The van der Waals surface area contributed by atoms with Crippen LogP contribution in [0.4, 0.5) is 4.79 Å². The molecule has 1 aliphatic heterocycles. The van der Waals surface area contributed by atoms with Gasteiger partial charge in [-0.15, -0.1) is 0 Å². The van der Waals surface area contributed by atoms with Crippen molar-refractivity contribution in [3.05, 3.63) is 34.9 Å². The van der Waals surface area contributed by atoms with Gasteiger partial charge in [0.05, 0.1) is 6.42 Å². The van der Waals surface area contributed by atoms with E-state index < -0.39 is 0 Å². The number of amides is 3. The molecular formula is C15H21N3O2. The van der Waals surface area contributed by atoms with Gasteiger partial charge in [0.15, 0.2) is 0 Å². The summed E-state index contributed by atoms with van der Waals surface area (Å²) in [4.78, 5) is 24.9. The van der Waals surface area contributed by atoms with Gasteiger partial charge in [-0.25, -0.2) is 4.79 Å². The molecule has 0 atom stereocenters. The zero-order valence-corrected chi connectivity index (χ0v) is 12.0. The quantitative estimate of drug-likeness (QED) is 0.841. The van der Waals surface area contributed by atoms with E-state index >= 15 is 0 Å². The Morgan fingerprint density at radius 1 is 1.40 bits per heavy atom. The summed E-state index contributed by atoms with van der Waals surface area (Å²) in [6.45, 7) is 6.49. The van der Waals surface area contributed by atoms with Crippen LogP contribution in [-0.2, 0) is 11.2 Å². The number of benzene rings is 1. The number of aryl methyl sites for hydroxylation is 2. The lowest BCUT2D eigenvalue weighted by Crippen LogP contribution is -2.37. The van der Waals surface area contributed by atoms with E-state index in [0.717, 1.165) is 16.7 Å². The number of nitrogens with one attached hydrogen (secondary N) is 2. The van der Waals surface area contributed by atoms with Crippen LogP contribution in [0, 0.1) is 13.8 Å². The van der Waals surface area contributed by atoms with Crippen LogP contribution in [0.2, 0.25) is 0 Å². The molecule has 1 saturated heterocycles. The summed E-state index contributed by atoms with van der Waals surface area (Å²) in [6.07, 6.45) is 0.389. The minimum atomic E-state index is -0.0474. The second-order valence-electron chi connectivity index (χ2n) is 5.18. The normalized spacial score (nSPS) is 14.3. The molecule has 0 unspecified atom stereocenters. The number of carbonyl (C=O) groups excluding carboxylic acids is 2. The lowest BCUT2D eigenvalue weighted by Gasteiger charge is -2.14. The lowest BCUT2D eigenvalue weighted by atomic mass is 10.0. The summed E-state index contributed by atoms with van der Waals surface area (Å²) in [5, 5.41) is 5.60. The van der Waals surface area contributed by atoms with Gasteiger partial charge in [0.2, 0.25) is 5.91 Å². The molecule has 1 heterocycles. The molecule has 2 rings (SSSR count). The van der Waals surface area contributed by atoms with Gasteiger partial charge in [-0.05, 0) is 25.0 Å².